The molecule has 0 saturated carbocycles. The first-order chi connectivity index (χ1) is 8.65. The van der Waals surface area contributed by atoms with Gasteiger partial charge in [-0.2, -0.15) is 0 Å². The molecule has 1 aromatic carbocycles. The van der Waals surface area contributed by atoms with Gasteiger partial charge in [0.25, 0.3) is 0 Å². The van der Waals surface area contributed by atoms with Gasteiger partial charge in [-0.05, 0) is 43.7 Å². The summed E-state index contributed by atoms with van der Waals surface area (Å²) in [6.45, 7) is 0.888. The number of carbonyl (C=O) groups is 2. The number of benzene rings is 1. The highest BCUT2D eigenvalue weighted by atomic mass is 16.2. The van der Waals surface area contributed by atoms with Gasteiger partial charge in [0.15, 0.2) is 0 Å². The fourth-order valence-corrected chi connectivity index (χ4v) is 1.92. The second-order valence-corrected chi connectivity index (χ2v) is 4.20. The van der Waals surface area contributed by atoms with Gasteiger partial charge in [0.05, 0.1) is 6.04 Å². The predicted octanol–water partition coefficient (Wildman–Crippen LogP) is 0.868. The molecule has 2 rings (SSSR count). The zero-order valence-electron chi connectivity index (χ0n) is 9.90. The van der Waals surface area contributed by atoms with E-state index in [0.29, 0.717) is 11.4 Å². The van der Waals surface area contributed by atoms with E-state index < -0.39 is 6.03 Å². The molecule has 1 saturated heterocycles. The molecular formula is C12H16N4O2. The molecule has 1 aliphatic heterocycles. The number of anilines is 2. The Balaban J connectivity index is 1.93. The average molecular weight is 248 g/mol. The number of nitrogens with one attached hydrogen (secondary N) is 3. The van der Waals surface area contributed by atoms with E-state index in [-0.39, 0.29) is 11.9 Å². The van der Waals surface area contributed by atoms with Crippen molar-refractivity contribution in [1.29, 1.82) is 0 Å². The van der Waals surface area contributed by atoms with Crippen LogP contribution < -0.4 is 21.7 Å². The van der Waals surface area contributed by atoms with E-state index in [0.717, 1.165) is 19.4 Å². The second-order valence-electron chi connectivity index (χ2n) is 4.20. The molecule has 1 aliphatic rings. The normalized spacial score (nSPS) is 18.3. The second kappa shape index (κ2) is 5.50. The van der Waals surface area contributed by atoms with E-state index in [4.69, 9.17) is 5.73 Å². The van der Waals surface area contributed by atoms with Gasteiger partial charge in [-0.1, -0.05) is 0 Å². The third kappa shape index (κ3) is 3.21. The largest absolute Gasteiger partial charge is 0.351 e. The highest BCUT2D eigenvalue weighted by Gasteiger charge is 2.21. The molecule has 0 spiro atoms. The summed E-state index contributed by atoms with van der Waals surface area (Å²) in [6, 6.07) is 6.09. The van der Waals surface area contributed by atoms with Crippen LogP contribution in [-0.2, 0) is 4.79 Å². The smallest absolute Gasteiger partial charge is 0.316 e. The topological polar surface area (TPSA) is 96.2 Å². The Bertz CT molecular complexity index is 438. The van der Waals surface area contributed by atoms with E-state index in [2.05, 4.69) is 16.0 Å². The first kappa shape index (κ1) is 12.4. The summed E-state index contributed by atoms with van der Waals surface area (Å²) in [5.74, 6) is -0.0249. The molecular weight excluding hydrogens is 232 g/mol. The lowest BCUT2D eigenvalue weighted by Crippen LogP contribution is -2.35. The monoisotopic (exact) mass is 248 g/mol. The number of amides is 3. The van der Waals surface area contributed by atoms with Gasteiger partial charge in [-0.25, -0.2) is 4.79 Å². The van der Waals surface area contributed by atoms with E-state index in [1.54, 1.807) is 24.3 Å². The summed E-state index contributed by atoms with van der Waals surface area (Å²) in [4.78, 5) is 22.5. The zero-order valence-corrected chi connectivity index (χ0v) is 9.90. The van der Waals surface area contributed by atoms with Crippen LogP contribution in [0.3, 0.4) is 0 Å². The zero-order chi connectivity index (χ0) is 13.0. The fourth-order valence-electron chi connectivity index (χ4n) is 1.92. The lowest BCUT2D eigenvalue weighted by Gasteiger charge is -2.11. The number of urea groups is 1. The molecule has 1 aromatic rings. The first-order valence-electron chi connectivity index (χ1n) is 5.86. The van der Waals surface area contributed by atoms with Gasteiger partial charge in [0.1, 0.15) is 0 Å². The van der Waals surface area contributed by atoms with Crippen molar-refractivity contribution in [3.05, 3.63) is 24.3 Å². The molecule has 0 aromatic heterocycles. The SMILES string of the molecule is NC(=O)Nc1ccc(NC(=O)C2CCCN2)cc1. The summed E-state index contributed by atoms with van der Waals surface area (Å²) >= 11 is 0. The van der Waals surface area contributed by atoms with Crippen LogP contribution in [0.2, 0.25) is 0 Å². The predicted molar refractivity (Wildman–Crippen MR) is 69.3 cm³/mol. The molecule has 96 valence electrons. The van der Waals surface area contributed by atoms with Crippen molar-refractivity contribution in [1.82, 2.24) is 5.32 Å². The van der Waals surface area contributed by atoms with Crippen LogP contribution >= 0.6 is 0 Å². The van der Waals surface area contributed by atoms with Crippen molar-refractivity contribution in [3.63, 3.8) is 0 Å². The number of nitrogens with two attached hydrogens (primary N) is 1. The highest BCUT2D eigenvalue weighted by molar-refractivity contribution is 5.95. The first-order valence-corrected chi connectivity index (χ1v) is 5.86. The van der Waals surface area contributed by atoms with Crippen molar-refractivity contribution in [2.24, 2.45) is 5.73 Å². The van der Waals surface area contributed by atoms with Gasteiger partial charge >= 0.3 is 6.03 Å². The minimum absolute atomic E-state index is 0.0249. The summed E-state index contributed by atoms with van der Waals surface area (Å²) in [5, 5.41) is 8.40. The number of primary amides is 1. The Morgan fingerprint density at radius 2 is 1.78 bits per heavy atom. The molecule has 18 heavy (non-hydrogen) atoms. The molecule has 1 unspecified atom stereocenters. The van der Waals surface area contributed by atoms with Gasteiger partial charge in [-0.15, -0.1) is 0 Å². The average Bonchev–Trinajstić information content (AvgIpc) is 2.84. The minimum atomic E-state index is -0.609. The van der Waals surface area contributed by atoms with Crippen molar-refractivity contribution in [2.75, 3.05) is 17.2 Å². The molecule has 0 bridgehead atoms. The van der Waals surface area contributed by atoms with Crippen LogP contribution in [-0.4, -0.2) is 24.5 Å². The van der Waals surface area contributed by atoms with Gasteiger partial charge in [-0.3, -0.25) is 4.79 Å². The number of carbonyl (C=O) groups excluding carboxylic acids is 2. The highest BCUT2D eigenvalue weighted by Crippen LogP contribution is 2.14. The summed E-state index contributed by atoms with van der Waals surface area (Å²) in [5.41, 5.74) is 6.29. The maximum atomic E-state index is 11.8. The third-order valence-electron chi connectivity index (χ3n) is 2.80. The van der Waals surface area contributed by atoms with E-state index in [1.807, 2.05) is 0 Å². The summed E-state index contributed by atoms with van der Waals surface area (Å²) in [7, 11) is 0. The Labute approximate surface area is 105 Å². The summed E-state index contributed by atoms with van der Waals surface area (Å²) < 4.78 is 0. The lowest BCUT2D eigenvalue weighted by molar-refractivity contribution is -0.117. The molecule has 0 radical (unpaired) electrons. The molecule has 3 amide bonds. The quantitative estimate of drug-likeness (QED) is 0.639. The molecule has 0 aliphatic carbocycles. The fraction of sp³-hybridized carbons (Fsp3) is 0.333. The summed E-state index contributed by atoms with van der Waals surface area (Å²) in [6.07, 6.45) is 1.90. The standard InChI is InChI=1S/C12H16N4O2/c13-12(18)16-9-5-3-8(4-6-9)15-11(17)10-2-1-7-14-10/h3-6,10,14H,1-2,7H2,(H,15,17)(H3,13,16,18). The van der Waals surface area contributed by atoms with E-state index in [9.17, 15) is 9.59 Å². The van der Waals surface area contributed by atoms with Crippen LogP contribution in [0.15, 0.2) is 24.3 Å². The van der Waals surface area contributed by atoms with Crippen LogP contribution in [0.4, 0.5) is 16.2 Å². The maximum absolute atomic E-state index is 11.8. The van der Waals surface area contributed by atoms with Crippen LogP contribution in [0, 0.1) is 0 Å². The van der Waals surface area contributed by atoms with Gasteiger partial charge in [0, 0.05) is 11.4 Å². The molecule has 1 heterocycles. The maximum Gasteiger partial charge on any atom is 0.316 e. The van der Waals surface area contributed by atoms with E-state index in [1.165, 1.54) is 0 Å². The van der Waals surface area contributed by atoms with Crippen molar-refractivity contribution < 1.29 is 9.59 Å². The minimum Gasteiger partial charge on any atom is -0.351 e. The van der Waals surface area contributed by atoms with Gasteiger partial charge in [0.2, 0.25) is 5.91 Å². The van der Waals surface area contributed by atoms with Crippen molar-refractivity contribution in [3.8, 4) is 0 Å². The Morgan fingerprint density at radius 3 is 2.28 bits per heavy atom. The Morgan fingerprint density at radius 1 is 1.17 bits per heavy atom. The van der Waals surface area contributed by atoms with E-state index >= 15 is 0 Å². The van der Waals surface area contributed by atoms with Crippen LogP contribution in [0.1, 0.15) is 12.8 Å². The number of hydrogen-bond donors (Lipinski definition) is 4. The Kier molecular flexibility index (Phi) is 3.78. The van der Waals surface area contributed by atoms with Crippen LogP contribution in [0.25, 0.3) is 0 Å². The van der Waals surface area contributed by atoms with Crippen molar-refractivity contribution in [2.45, 2.75) is 18.9 Å². The molecule has 5 N–H and O–H groups in total. The number of rotatable bonds is 3. The molecule has 6 heteroatoms. The third-order valence-corrected chi connectivity index (χ3v) is 2.80. The molecule has 1 atom stereocenters. The molecule has 6 nitrogen and oxygen atoms in total. The van der Waals surface area contributed by atoms with Crippen LogP contribution in [0.5, 0.6) is 0 Å². The Hall–Kier alpha value is -2.08. The van der Waals surface area contributed by atoms with Gasteiger partial charge < -0.3 is 21.7 Å². The molecule has 1 fully saturated rings. The number of hydrogen-bond acceptors (Lipinski definition) is 3. The van der Waals surface area contributed by atoms with Crippen molar-refractivity contribution >= 4 is 23.3 Å². The lowest BCUT2D eigenvalue weighted by atomic mass is 10.2.